The number of rotatable bonds is 4. The van der Waals surface area contributed by atoms with Crippen LogP contribution in [0, 0.1) is 0 Å². The summed E-state index contributed by atoms with van der Waals surface area (Å²) in [6.45, 7) is 0.443. The predicted octanol–water partition coefficient (Wildman–Crippen LogP) is -0.0252. The molecule has 7 heteroatoms. The van der Waals surface area contributed by atoms with Crippen LogP contribution in [0.1, 0.15) is 37.9 Å². The van der Waals surface area contributed by atoms with Gasteiger partial charge >= 0.3 is 0 Å². The highest BCUT2D eigenvalue weighted by molar-refractivity contribution is 6.05. The molecule has 1 saturated heterocycles. The molecule has 1 aliphatic carbocycles. The minimum absolute atomic E-state index is 0.0441. The Hall–Kier alpha value is -1.76. The minimum atomic E-state index is -0.417. The predicted molar refractivity (Wildman–Crippen MR) is 70.4 cm³/mol. The Morgan fingerprint density at radius 2 is 2.10 bits per heavy atom. The second kappa shape index (κ2) is 5.32. The van der Waals surface area contributed by atoms with Crippen molar-refractivity contribution in [1.82, 2.24) is 25.0 Å². The fraction of sp³-hybridized carbons (Fsp3) is 0.692. The molecular weight excluding hydrogens is 258 g/mol. The zero-order valence-electron chi connectivity index (χ0n) is 11.6. The van der Waals surface area contributed by atoms with Gasteiger partial charge in [-0.1, -0.05) is 12.8 Å². The molecule has 108 valence electrons. The van der Waals surface area contributed by atoms with Crippen LogP contribution in [-0.2, 0) is 23.2 Å². The number of amides is 2. The molecule has 0 aromatic carbocycles. The van der Waals surface area contributed by atoms with Crippen molar-refractivity contribution >= 4 is 11.8 Å². The van der Waals surface area contributed by atoms with Gasteiger partial charge in [-0.25, -0.2) is 0 Å². The third-order valence-electron chi connectivity index (χ3n) is 4.18. The molecular formula is C13H19N5O2. The van der Waals surface area contributed by atoms with Crippen molar-refractivity contribution in [2.75, 3.05) is 0 Å². The molecule has 2 fully saturated rings. The summed E-state index contributed by atoms with van der Waals surface area (Å²) in [5.74, 6) is 0.631. The first-order chi connectivity index (χ1) is 9.66. The van der Waals surface area contributed by atoms with Gasteiger partial charge in [0.2, 0.25) is 11.8 Å². The number of likely N-dealkylation sites (tertiary alicyclic amines) is 1. The quantitative estimate of drug-likeness (QED) is 0.782. The van der Waals surface area contributed by atoms with Crippen LogP contribution in [0.4, 0.5) is 0 Å². The van der Waals surface area contributed by atoms with Gasteiger partial charge in [-0.05, 0) is 12.8 Å². The lowest BCUT2D eigenvalue weighted by atomic mass is 10.2. The Labute approximate surface area is 117 Å². The van der Waals surface area contributed by atoms with Gasteiger partial charge in [0.15, 0.2) is 0 Å². The topological polar surface area (TPSA) is 80.1 Å². The van der Waals surface area contributed by atoms with Crippen molar-refractivity contribution < 1.29 is 9.59 Å². The Balaban J connectivity index is 1.62. The molecule has 20 heavy (non-hydrogen) atoms. The van der Waals surface area contributed by atoms with Crippen LogP contribution in [0.15, 0.2) is 6.33 Å². The van der Waals surface area contributed by atoms with Gasteiger partial charge in [0.25, 0.3) is 0 Å². The molecule has 2 amide bonds. The van der Waals surface area contributed by atoms with E-state index in [1.54, 1.807) is 10.9 Å². The van der Waals surface area contributed by atoms with E-state index in [1.165, 1.54) is 4.90 Å². The van der Waals surface area contributed by atoms with E-state index in [1.807, 2.05) is 7.05 Å². The number of nitrogens with one attached hydrogen (secondary N) is 1. The van der Waals surface area contributed by atoms with E-state index in [4.69, 9.17) is 0 Å². The molecule has 1 unspecified atom stereocenters. The van der Waals surface area contributed by atoms with E-state index in [0.717, 1.165) is 31.5 Å². The number of nitrogens with zero attached hydrogens (tertiary/aromatic N) is 4. The normalized spacial score (nSPS) is 24.1. The average molecular weight is 277 g/mol. The van der Waals surface area contributed by atoms with Crippen LogP contribution in [0.2, 0.25) is 0 Å². The molecule has 1 aromatic heterocycles. The molecule has 1 aliphatic heterocycles. The summed E-state index contributed by atoms with van der Waals surface area (Å²) in [5.41, 5.74) is 0. The Kier molecular flexibility index (Phi) is 3.52. The van der Waals surface area contributed by atoms with E-state index in [9.17, 15) is 9.59 Å². The van der Waals surface area contributed by atoms with Gasteiger partial charge in [-0.2, -0.15) is 0 Å². The summed E-state index contributed by atoms with van der Waals surface area (Å²) in [4.78, 5) is 25.9. The zero-order valence-corrected chi connectivity index (χ0v) is 11.6. The third-order valence-corrected chi connectivity index (χ3v) is 4.18. The molecule has 1 saturated carbocycles. The highest BCUT2D eigenvalue weighted by atomic mass is 16.2. The molecule has 0 radical (unpaired) electrons. The van der Waals surface area contributed by atoms with Crippen molar-refractivity contribution in [3.63, 3.8) is 0 Å². The van der Waals surface area contributed by atoms with Crippen LogP contribution in [-0.4, -0.2) is 43.6 Å². The molecule has 3 rings (SSSR count). The van der Waals surface area contributed by atoms with Gasteiger partial charge in [-0.15, -0.1) is 10.2 Å². The van der Waals surface area contributed by atoms with E-state index in [2.05, 4.69) is 15.5 Å². The first-order valence-electron chi connectivity index (χ1n) is 7.09. The van der Waals surface area contributed by atoms with E-state index in [0.29, 0.717) is 6.54 Å². The largest absolute Gasteiger partial charge is 0.320 e. The third kappa shape index (κ3) is 2.33. The smallest absolute Gasteiger partial charge is 0.247 e. The van der Waals surface area contributed by atoms with Gasteiger partial charge in [0, 0.05) is 13.1 Å². The number of imide groups is 1. The number of hydrogen-bond donors (Lipinski definition) is 1. The van der Waals surface area contributed by atoms with Crippen molar-refractivity contribution in [3.05, 3.63) is 12.2 Å². The molecule has 7 nitrogen and oxygen atoms in total. The lowest BCUT2D eigenvalue weighted by Crippen LogP contribution is -2.43. The molecule has 2 aliphatic rings. The van der Waals surface area contributed by atoms with Gasteiger partial charge in [0.1, 0.15) is 12.2 Å². The lowest BCUT2D eigenvalue weighted by Gasteiger charge is -2.22. The van der Waals surface area contributed by atoms with Gasteiger partial charge < -0.3 is 4.57 Å². The molecule has 1 aromatic rings. The lowest BCUT2D eigenvalue weighted by molar-refractivity contribution is -0.141. The first-order valence-corrected chi connectivity index (χ1v) is 7.09. The highest BCUT2D eigenvalue weighted by Crippen LogP contribution is 2.28. The maximum atomic E-state index is 12.3. The highest BCUT2D eigenvalue weighted by Gasteiger charge is 2.42. The van der Waals surface area contributed by atoms with Crippen molar-refractivity contribution in [2.45, 2.75) is 50.7 Å². The summed E-state index contributed by atoms with van der Waals surface area (Å²) < 4.78 is 1.79. The summed E-state index contributed by atoms with van der Waals surface area (Å²) in [6.07, 6.45) is 6.00. The monoisotopic (exact) mass is 277 g/mol. The van der Waals surface area contributed by atoms with E-state index in [-0.39, 0.29) is 24.3 Å². The van der Waals surface area contributed by atoms with Crippen LogP contribution >= 0.6 is 0 Å². The van der Waals surface area contributed by atoms with E-state index < -0.39 is 6.04 Å². The number of aryl methyl sites for hydroxylation is 1. The van der Waals surface area contributed by atoms with Gasteiger partial charge in [-0.3, -0.25) is 19.8 Å². The molecule has 1 N–H and O–H groups in total. The van der Waals surface area contributed by atoms with Crippen LogP contribution in [0.5, 0.6) is 0 Å². The SMILES string of the molecule is Cn1cnnc1CNC1CC(=O)N(C2CCCC2)C1=O. The van der Waals surface area contributed by atoms with Crippen LogP contribution in [0.25, 0.3) is 0 Å². The maximum Gasteiger partial charge on any atom is 0.247 e. The molecule has 1 atom stereocenters. The van der Waals surface area contributed by atoms with Crippen molar-refractivity contribution in [3.8, 4) is 0 Å². The standard InChI is InChI=1S/C13H19N5O2/c1-17-8-15-16-11(17)7-14-10-6-12(19)18(13(10)20)9-4-2-3-5-9/h8-10,14H,2-7H2,1H3. The summed E-state index contributed by atoms with van der Waals surface area (Å²) in [6, 6.07) is -0.295. The zero-order chi connectivity index (χ0) is 14.1. The average Bonchev–Trinajstić information content (AvgIpc) is 3.10. The van der Waals surface area contributed by atoms with E-state index >= 15 is 0 Å². The number of carbonyl (C=O) groups excluding carboxylic acids is 2. The summed E-state index contributed by atoms with van der Waals surface area (Å²) in [7, 11) is 1.85. The first kappa shape index (κ1) is 13.2. The minimum Gasteiger partial charge on any atom is -0.320 e. The van der Waals surface area contributed by atoms with Gasteiger partial charge in [0.05, 0.1) is 19.0 Å². The number of aromatic nitrogens is 3. The molecule has 0 bridgehead atoms. The maximum absolute atomic E-state index is 12.3. The summed E-state index contributed by atoms with van der Waals surface area (Å²) >= 11 is 0. The Morgan fingerprint density at radius 1 is 1.35 bits per heavy atom. The number of hydrogen-bond acceptors (Lipinski definition) is 5. The fourth-order valence-electron chi connectivity index (χ4n) is 3.04. The summed E-state index contributed by atoms with van der Waals surface area (Å²) in [5, 5.41) is 10.9. The molecule has 0 spiro atoms. The van der Waals surface area contributed by atoms with Crippen LogP contribution < -0.4 is 5.32 Å². The van der Waals surface area contributed by atoms with Crippen molar-refractivity contribution in [1.29, 1.82) is 0 Å². The second-order valence-corrected chi connectivity index (χ2v) is 5.54. The number of carbonyl (C=O) groups is 2. The fourth-order valence-corrected chi connectivity index (χ4v) is 3.04. The van der Waals surface area contributed by atoms with Crippen LogP contribution in [0.3, 0.4) is 0 Å². The second-order valence-electron chi connectivity index (χ2n) is 5.54. The molecule has 2 heterocycles. The Bertz CT molecular complexity index is 521. The Morgan fingerprint density at radius 3 is 2.75 bits per heavy atom. The van der Waals surface area contributed by atoms with Crippen molar-refractivity contribution in [2.24, 2.45) is 7.05 Å².